The Hall–Kier alpha value is -1.07. The van der Waals surface area contributed by atoms with Crippen molar-refractivity contribution in [3.05, 3.63) is 28.8 Å². The van der Waals surface area contributed by atoms with Crippen LogP contribution >= 0.6 is 11.6 Å². The van der Waals surface area contributed by atoms with Gasteiger partial charge in [0.05, 0.1) is 17.9 Å². The molecule has 1 aliphatic heterocycles. The lowest BCUT2D eigenvalue weighted by molar-refractivity contribution is 0.0981. The molecule has 1 unspecified atom stereocenters. The largest absolute Gasteiger partial charge is 0.497 e. The van der Waals surface area contributed by atoms with Crippen LogP contribution in [0.1, 0.15) is 29.6 Å². The molecule has 1 fully saturated rings. The maximum absolute atomic E-state index is 12.3. The van der Waals surface area contributed by atoms with Gasteiger partial charge in [0.25, 0.3) is 0 Å². The second-order valence-corrected chi connectivity index (χ2v) is 7.27. The fourth-order valence-electron chi connectivity index (χ4n) is 2.25. The molecule has 19 heavy (non-hydrogen) atoms. The predicted molar refractivity (Wildman–Crippen MR) is 73.8 cm³/mol. The third kappa shape index (κ3) is 2.92. The predicted octanol–water partition coefficient (Wildman–Crippen LogP) is 2.50. The number of Topliss-reactive ketones (excluding diaryl/α,β-unsaturated/α-hetero) is 1. The minimum Gasteiger partial charge on any atom is -0.497 e. The number of hydrogen-bond acceptors (Lipinski definition) is 4. The number of rotatable bonds is 3. The van der Waals surface area contributed by atoms with Crippen LogP contribution in [-0.2, 0) is 9.84 Å². The van der Waals surface area contributed by atoms with E-state index in [1.807, 2.05) is 0 Å². The topological polar surface area (TPSA) is 60.4 Å². The molecule has 0 spiro atoms. The van der Waals surface area contributed by atoms with Gasteiger partial charge in [-0.05, 0) is 31.0 Å². The van der Waals surface area contributed by atoms with Crippen LogP contribution in [0.4, 0.5) is 0 Å². The van der Waals surface area contributed by atoms with Crippen LogP contribution in [0.3, 0.4) is 0 Å². The van der Waals surface area contributed by atoms with E-state index in [0.717, 1.165) is 6.42 Å². The lowest BCUT2D eigenvalue weighted by atomic mass is 10.0. The van der Waals surface area contributed by atoms with Gasteiger partial charge in [0, 0.05) is 5.56 Å². The average Bonchev–Trinajstić information content (AvgIpc) is 2.37. The van der Waals surface area contributed by atoms with E-state index >= 15 is 0 Å². The molecule has 4 nitrogen and oxygen atoms in total. The highest BCUT2D eigenvalue weighted by molar-refractivity contribution is 7.92. The zero-order chi connectivity index (χ0) is 14.0. The molecule has 0 aromatic heterocycles. The molecule has 0 saturated carbocycles. The molecule has 1 atom stereocenters. The molecule has 0 radical (unpaired) electrons. The molecule has 2 rings (SSSR count). The van der Waals surface area contributed by atoms with Crippen LogP contribution < -0.4 is 4.74 Å². The van der Waals surface area contributed by atoms with Gasteiger partial charge in [-0.3, -0.25) is 4.79 Å². The van der Waals surface area contributed by atoms with Crippen LogP contribution in [-0.4, -0.2) is 32.3 Å². The number of hydrogen-bond donors (Lipinski definition) is 0. The Bertz CT molecular complexity index is 595. The van der Waals surface area contributed by atoms with Gasteiger partial charge in [0.15, 0.2) is 15.6 Å². The summed E-state index contributed by atoms with van der Waals surface area (Å²) in [6.45, 7) is 0. The van der Waals surface area contributed by atoms with Gasteiger partial charge in [0.2, 0.25) is 0 Å². The smallest absolute Gasteiger partial charge is 0.182 e. The van der Waals surface area contributed by atoms with Crippen molar-refractivity contribution in [3.8, 4) is 5.75 Å². The molecule has 1 heterocycles. The summed E-state index contributed by atoms with van der Waals surface area (Å²) in [6.07, 6.45) is 1.76. The minimum atomic E-state index is -3.34. The van der Waals surface area contributed by atoms with Crippen molar-refractivity contribution in [3.63, 3.8) is 0 Å². The molecule has 104 valence electrons. The van der Waals surface area contributed by atoms with E-state index in [1.54, 1.807) is 6.07 Å². The standard InChI is InChI=1S/C13H15ClO4S/c1-18-9-5-6-10(11(14)8-9)13(15)12-4-2-3-7-19(12,16)17/h5-6,8,12H,2-4,7H2,1H3. The fraction of sp³-hybridized carbons (Fsp3) is 0.462. The number of carbonyl (C=O) groups excluding carboxylic acids is 1. The Labute approximate surface area is 117 Å². The SMILES string of the molecule is COc1ccc(C(=O)C2CCCCS2(=O)=O)c(Cl)c1. The third-order valence-electron chi connectivity index (χ3n) is 3.31. The van der Waals surface area contributed by atoms with Gasteiger partial charge >= 0.3 is 0 Å². The Balaban J connectivity index is 2.34. The summed E-state index contributed by atoms with van der Waals surface area (Å²) in [5, 5.41) is -0.725. The van der Waals surface area contributed by atoms with Crippen LogP contribution in [0.5, 0.6) is 5.75 Å². The second-order valence-electron chi connectivity index (χ2n) is 4.56. The number of ether oxygens (including phenoxy) is 1. The molecular formula is C13H15ClO4S. The lowest BCUT2D eigenvalue weighted by Gasteiger charge is -2.21. The zero-order valence-electron chi connectivity index (χ0n) is 10.6. The minimum absolute atomic E-state index is 0.0805. The van der Waals surface area contributed by atoms with Crippen LogP contribution in [0.25, 0.3) is 0 Å². The first-order valence-corrected chi connectivity index (χ1v) is 8.14. The number of halogens is 1. The quantitative estimate of drug-likeness (QED) is 0.805. The monoisotopic (exact) mass is 302 g/mol. The summed E-state index contributed by atoms with van der Waals surface area (Å²) in [5.74, 6) is 0.206. The number of carbonyl (C=O) groups is 1. The molecule has 0 amide bonds. The Morgan fingerprint density at radius 2 is 2.11 bits per heavy atom. The molecule has 0 bridgehead atoms. The molecule has 1 aliphatic rings. The molecule has 1 saturated heterocycles. The first kappa shape index (κ1) is 14.3. The van der Waals surface area contributed by atoms with Gasteiger partial charge in [-0.15, -0.1) is 0 Å². The molecule has 0 N–H and O–H groups in total. The third-order valence-corrected chi connectivity index (χ3v) is 5.80. The number of benzene rings is 1. The van der Waals surface area contributed by atoms with E-state index in [4.69, 9.17) is 16.3 Å². The molecule has 6 heteroatoms. The van der Waals surface area contributed by atoms with E-state index < -0.39 is 20.9 Å². The van der Waals surface area contributed by atoms with Crippen molar-refractivity contribution in [1.29, 1.82) is 0 Å². The number of ketones is 1. The van der Waals surface area contributed by atoms with Gasteiger partial charge in [-0.1, -0.05) is 18.0 Å². The summed E-state index contributed by atoms with van der Waals surface area (Å²) < 4.78 is 28.9. The molecule has 1 aromatic carbocycles. The van der Waals surface area contributed by atoms with E-state index in [0.29, 0.717) is 18.6 Å². The van der Waals surface area contributed by atoms with Crippen molar-refractivity contribution in [2.75, 3.05) is 12.9 Å². The van der Waals surface area contributed by atoms with E-state index in [-0.39, 0.29) is 16.3 Å². The first-order chi connectivity index (χ1) is 8.95. The van der Waals surface area contributed by atoms with Gasteiger partial charge in [-0.25, -0.2) is 8.42 Å². The average molecular weight is 303 g/mol. The fourth-order valence-corrected chi connectivity index (χ4v) is 4.38. The van der Waals surface area contributed by atoms with Crippen molar-refractivity contribution in [1.82, 2.24) is 0 Å². The normalized spacial score (nSPS) is 21.9. The van der Waals surface area contributed by atoms with E-state index in [2.05, 4.69) is 0 Å². The Morgan fingerprint density at radius 1 is 1.37 bits per heavy atom. The lowest BCUT2D eigenvalue weighted by Crippen LogP contribution is -2.35. The van der Waals surface area contributed by atoms with E-state index in [9.17, 15) is 13.2 Å². The highest BCUT2D eigenvalue weighted by Crippen LogP contribution is 2.28. The summed E-state index contributed by atoms with van der Waals surface area (Å²) in [5.41, 5.74) is 0.248. The highest BCUT2D eigenvalue weighted by Gasteiger charge is 2.35. The zero-order valence-corrected chi connectivity index (χ0v) is 12.1. The number of methoxy groups -OCH3 is 1. The maximum atomic E-state index is 12.3. The molecular weight excluding hydrogens is 288 g/mol. The summed E-state index contributed by atoms with van der Waals surface area (Å²) >= 11 is 6.02. The van der Waals surface area contributed by atoms with Crippen LogP contribution in [0.15, 0.2) is 18.2 Å². The van der Waals surface area contributed by atoms with Gasteiger partial charge < -0.3 is 4.74 Å². The summed E-state index contributed by atoms with van der Waals surface area (Å²) in [7, 11) is -1.84. The van der Waals surface area contributed by atoms with Crippen molar-refractivity contribution < 1.29 is 17.9 Å². The van der Waals surface area contributed by atoms with Crippen LogP contribution in [0, 0.1) is 0 Å². The van der Waals surface area contributed by atoms with Gasteiger partial charge in [0.1, 0.15) is 11.0 Å². The van der Waals surface area contributed by atoms with Gasteiger partial charge in [-0.2, -0.15) is 0 Å². The van der Waals surface area contributed by atoms with Crippen molar-refractivity contribution in [2.24, 2.45) is 0 Å². The summed E-state index contributed by atoms with van der Waals surface area (Å²) in [4.78, 5) is 12.3. The van der Waals surface area contributed by atoms with E-state index in [1.165, 1.54) is 19.2 Å². The Morgan fingerprint density at radius 3 is 2.68 bits per heavy atom. The van der Waals surface area contributed by atoms with Crippen molar-refractivity contribution >= 4 is 27.2 Å². The Kier molecular flexibility index (Phi) is 4.16. The van der Waals surface area contributed by atoms with Crippen molar-refractivity contribution in [2.45, 2.75) is 24.5 Å². The first-order valence-electron chi connectivity index (χ1n) is 6.05. The second kappa shape index (κ2) is 5.51. The maximum Gasteiger partial charge on any atom is 0.182 e. The number of sulfone groups is 1. The highest BCUT2D eigenvalue weighted by atomic mass is 35.5. The molecule has 1 aromatic rings. The summed E-state index contributed by atoms with van der Waals surface area (Å²) in [6, 6.07) is 4.65. The molecule has 0 aliphatic carbocycles. The van der Waals surface area contributed by atoms with Crippen LogP contribution in [0.2, 0.25) is 5.02 Å².